The number of alkyl halides is 2. The van der Waals surface area contributed by atoms with Crippen molar-refractivity contribution >= 4 is 107 Å². The summed E-state index contributed by atoms with van der Waals surface area (Å²) in [6, 6.07) is 0. The summed E-state index contributed by atoms with van der Waals surface area (Å²) in [7, 11) is 1.73. The van der Waals surface area contributed by atoms with Crippen molar-refractivity contribution in [2.75, 3.05) is 45.4 Å². The normalized spacial score (nSPS) is 11.4. The molecule has 0 aromatic carbocycles. The predicted octanol–water partition coefficient (Wildman–Crippen LogP) is 2.37. The van der Waals surface area contributed by atoms with E-state index in [1.807, 2.05) is 0 Å². The number of carbonyl (C=O) groups excluding carboxylic acids is 2. The Balaban J connectivity index is -0.000000537. The van der Waals surface area contributed by atoms with Gasteiger partial charge in [-0.3, -0.25) is 14.0 Å². The molecule has 2 aromatic heterocycles. The minimum Gasteiger partial charge on any atom is -0.857 e. The number of pyridine rings is 2. The van der Waals surface area contributed by atoms with Crippen molar-refractivity contribution in [3.63, 3.8) is 0 Å². The Kier molecular flexibility index (Phi) is 25.5. The van der Waals surface area contributed by atoms with Crippen molar-refractivity contribution in [1.29, 1.82) is 0 Å². The van der Waals surface area contributed by atoms with Gasteiger partial charge in [0.05, 0.1) is 24.9 Å². The Hall–Kier alpha value is 0.526. The van der Waals surface area contributed by atoms with Crippen molar-refractivity contribution < 1.29 is 94.8 Å². The van der Waals surface area contributed by atoms with Crippen molar-refractivity contribution in [3.8, 4) is 11.8 Å². The Morgan fingerprint density at radius 1 is 0.950 bits per heavy atom. The first-order valence-electron chi connectivity index (χ1n) is 9.94. The molecule has 2 aromatic rings. The van der Waals surface area contributed by atoms with Gasteiger partial charge < -0.3 is 30.8 Å². The number of methoxy groups -OCH3 is 2. The van der Waals surface area contributed by atoms with Crippen LogP contribution >= 0.6 is 85.9 Å². The van der Waals surface area contributed by atoms with E-state index in [9.17, 15) is 27.9 Å². The predicted molar refractivity (Wildman–Crippen MR) is 152 cm³/mol. The summed E-state index contributed by atoms with van der Waals surface area (Å²) in [6.45, 7) is 0. The molecule has 2 unspecified atom stereocenters. The topological polar surface area (TPSA) is 163 Å². The maximum absolute atomic E-state index is 13.3. The van der Waals surface area contributed by atoms with Crippen molar-refractivity contribution in [1.82, 2.24) is 9.97 Å². The molecule has 0 aliphatic rings. The van der Waals surface area contributed by atoms with Gasteiger partial charge in [0.1, 0.15) is 15.1 Å². The molecular formula is C19H21BrCl4F3KN4O6S2. The standard InChI is InChI=1S/C9H9Cl2FN2O3S.C5H3Cl2FN2O.C4H7BrO2S.CH3F.K/c1-16-9(8(15)18-2)17-7-4(11)5(13)3(10)6(12)14-7;6-1-3(9)2(7)5(11)10-4(1)8;1-7-3(5)4(6)8-2;1-2;/h9H,1-2H3,(H2,13,14);(H3,9,10,11);3H,1-2H3;1H3;/q;;;;+1/p-1/i;;;1D;. The van der Waals surface area contributed by atoms with Crippen LogP contribution in [0.25, 0.3) is 0 Å². The molecule has 0 saturated heterocycles. The second-order valence-electron chi connectivity index (χ2n) is 5.78. The fraction of sp³-hybridized carbons (Fsp3) is 0.368. The summed E-state index contributed by atoms with van der Waals surface area (Å²) in [5, 5.41) is 8.35. The molecule has 0 aliphatic heterocycles. The number of nitrogens with zero attached hydrogens (tertiary/aromatic N) is 2. The van der Waals surface area contributed by atoms with E-state index in [0.717, 1.165) is 23.5 Å². The first-order valence-corrected chi connectivity index (χ1v) is 14.1. The van der Waals surface area contributed by atoms with E-state index in [2.05, 4.69) is 30.6 Å². The molecule has 0 bridgehead atoms. The molecule has 222 valence electrons. The number of rotatable bonds is 6. The molecule has 0 aliphatic carbocycles. The number of carbonyl (C=O) groups is 2. The number of nitrogen functional groups attached to an aromatic ring is 2. The van der Waals surface area contributed by atoms with Gasteiger partial charge in [0, 0.05) is 20.1 Å². The molecule has 4 N–H and O–H groups in total. The van der Waals surface area contributed by atoms with E-state index < -0.39 is 51.4 Å². The molecule has 2 heterocycles. The van der Waals surface area contributed by atoms with E-state index >= 15 is 0 Å². The molecule has 0 saturated carbocycles. The summed E-state index contributed by atoms with van der Waals surface area (Å²) in [5.41, 5.74) is 10.1. The van der Waals surface area contributed by atoms with Crippen LogP contribution in [0, 0.1) is 11.9 Å². The molecule has 0 spiro atoms. The van der Waals surface area contributed by atoms with Crippen LogP contribution in [0.2, 0.25) is 20.1 Å². The number of hydrogen-bond donors (Lipinski definition) is 2. The maximum atomic E-state index is 13.3. The van der Waals surface area contributed by atoms with E-state index in [1.165, 1.54) is 14.2 Å². The van der Waals surface area contributed by atoms with Gasteiger partial charge >= 0.3 is 51.4 Å². The van der Waals surface area contributed by atoms with Crippen LogP contribution in [-0.4, -0.2) is 65.4 Å². The van der Waals surface area contributed by atoms with Gasteiger partial charge in [0.2, 0.25) is 22.9 Å². The van der Waals surface area contributed by atoms with E-state index in [4.69, 9.17) is 68.7 Å². The Morgan fingerprint density at radius 3 is 1.75 bits per heavy atom. The SMILES string of the molecule is COC(Br)C(=O)SC.COC(Oc1nc(F)c(Cl)c(N)c1Cl)C(=O)SC.Nc1c(Cl)c([O-])nc(F)c1Cl.[2H]CF.[K+]. The third-order valence-corrected chi connectivity index (χ3v) is 7.26. The molecule has 40 heavy (non-hydrogen) atoms. The number of ether oxygens (including phenoxy) is 3. The number of anilines is 2. The van der Waals surface area contributed by atoms with Gasteiger partial charge in [-0.05, 0) is 28.4 Å². The summed E-state index contributed by atoms with van der Waals surface area (Å²) in [5.74, 6) is -3.41. The summed E-state index contributed by atoms with van der Waals surface area (Å²) in [6.07, 6.45) is 2.00. The average molecular weight is 784 g/mol. The quantitative estimate of drug-likeness (QED) is 0.191. The molecule has 2 rings (SSSR count). The molecule has 21 heteroatoms. The molecule has 2 atom stereocenters. The van der Waals surface area contributed by atoms with E-state index in [-0.39, 0.29) is 83.8 Å². The fourth-order valence-corrected chi connectivity index (χ4v) is 3.54. The monoisotopic (exact) mass is 781 g/mol. The molecule has 0 amide bonds. The minimum atomic E-state index is -1.26. The van der Waals surface area contributed by atoms with Gasteiger partial charge in [0.25, 0.3) is 11.4 Å². The number of halogens is 8. The number of aromatic nitrogens is 2. The number of hydrogen-bond acceptors (Lipinski definition) is 12. The third-order valence-electron chi connectivity index (χ3n) is 3.50. The van der Waals surface area contributed by atoms with Crippen LogP contribution in [0.3, 0.4) is 0 Å². The summed E-state index contributed by atoms with van der Waals surface area (Å²) < 4.78 is 55.7. The largest absolute Gasteiger partial charge is 1.00 e. The van der Waals surface area contributed by atoms with Crippen LogP contribution < -0.4 is 72.7 Å². The van der Waals surface area contributed by atoms with Crippen LogP contribution in [0.4, 0.5) is 24.5 Å². The van der Waals surface area contributed by atoms with Gasteiger partial charge in [-0.2, -0.15) is 13.8 Å². The zero-order chi connectivity index (χ0) is 31.7. The fourth-order valence-electron chi connectivity index (χ4n) is 1.68. The van der Waals surface area contributed by atoms with Crippen LogP contribution in [0.1, 0.15) is 1.37 Å². The minimum absolute atomic E-state index is 0. The zero-order valence-corrected chi connectivity index (χ0v) is 30.6. The number of thioether (sulfide) groups is 2. The zero-order valence-electron chi connectivity index (χ0n) is 22.2. The number of nitrogens with two attached hydrogens (primary N) is 2. The van der Waals surface area contributed by atoms with Crippen LogP contribution in [-0.2, 0) is 19.1 Å². The summed E-state index contributed by atoms with van der Waals surface area (Å²) in [4.78, 5) is 28.2. The van der Waals surface area contributed by atoms with Gasteiger partial charge in [-0.15, -0.1) is 0 Å². The first kappa shape index (κ1) is 42.7. The van der Waals surface area contributed by atoms with Gasteiger partial charge in [-0.25, -0.2) is 4.98 Å². The van der Waals surface area contributed by atoms with Crippen LogP contribution in [0.5, 0.6) is 11.8 Å². The Morgan fingerprint density at radius 2 is 1.38 bits per heavy atom. The van der Waals surface area contributed by atoms with Crippen molar-refractivity contribution in [2.24, 2.45) is 0 Å². The maximum Gasteiger partial charge on any atom is 1.00 e. The second-order valence-corrected chi connectivity index (χ2v) is 9.75. The average Bonchev–Trinajstić information content (AvgIpc) is 2.94. The molecule has 0 radical (unpaired) electrons. The summed E-state index contributed by atoms with van der Waals surface area (Å²) >= 11 is 26.9. The molecule has 10 nitrogen and oxygen atoms in total. The van der Waals surface area contributed by atoms with Crippen molar-refractivity contribution in [3.05, 3.63) is 32.0 Å². The second kappa shape index (κ2) is 23.9. The first-order chi connectivity index (χ1) is 18.6. The Labute approximate surface area is 309 Å². The molecule has 0 fully saturated rings. The van der Waals surface area contributed by atoms with Gasteiger partial charge in [0.15, 0.2) is 5.01 Å². The Bertz CT molecular complexity index is 1120. The third kappa shape index (κ3) is 14.8. The molecular weight excluding hydrogens is 762 g/mol. The van der Waals surface area contributed by atoms with E-state index in [1.54, 1.807) is 12.5 Å². The van der Waals surface area contributed by atoms with Gasteiger partial charge in [-0.1, -0.05) is 69.9 Å². The van der Waals surface area contributed by atoms with Crippen molar-refractivity contribution in [2.45, 2.75) is 11.3 Å². The van der Waals surface area contributed by atoms with E-state index in [0.29, 0.717) is 0 Å². The smallest absolute Gasteiger partial charge is 0.857 e. The van der Waals surface area contributed by atoms with Crippen LogP contribution in [0.15, 0.2) is 0 Å².